The number of pyridine rings is 1. The third kappa shape index (κ3) is 1.89. The molecule has 104 valence electrons. The Morgan fingerprint density at radius 1 is 1.00 bits per heavy atom. The Labute approximate surface area is 123 Å². The summed E-state index contributed by atoms with van der Waals surface area (Å²) in [6, 6.07) is 16.5. The van der Waals surface area contributed by atoms with Crippen molar-refractivity contribution in [1.29, 1.82) is 0 Å². The molecule has 0 bridgehead atoms. The van der Waals surface area contributed by atoms with Gasteiger partial charge in [-0.25, -0.2) is 0 Å². The van der Waals surface area contributed by atoms with E-state index in [4.69, 9.17) is 10.5 Å². The van der Waals surface area contributed by atoms with Crippen LogP contribution in [-0.4, -0.2) is 11.5 Å². The molecule has 1 aliphatic rings. The number of hydrogen-bond donors (Lipinski definition) is 1. The zero-order valence-corrected chi connectivity index (χ0v) is 11.6. The highest BCUT2D eigenvalue weighted by atomic mass is 16.5. The molecule has 0 amide bonds. The lowest BCUT2D eigenvalue weighted by atomic mass is 9.88. The average Bonchev–Trinajstić information content (AvgIpc) is 2.54. The van der Waals surface area contributed by atoms with E-state index in [1.165, 1.54) is 11.1 Å². The molecular formula is C18H16N2O. The highest BCUT2D eigenvalue weighted by Gasteiger charge is 2.27. The van der Waals surface area contributed by atoms with Gasteiger partial charge in [-0.3, -0.25) is 4.98 Å². The number of para-hydroxylation sites is 1. The molecule has 0 saturated carbocycles. The van der Waals surface area contributed by atoms with Gasteiger partial charge in [-0.2, -0.15) is 0 Å². The third-order valence-electron chi connectivity index (χ3n) is 4.02. The molecule has 0 spiro atoms. The van der Waals surface area contributed by atoms with Gasteiger partial charge in [0.2, 0.25) is 0 Å². The van der Waals surface area contributed by atoms with Gasteiger partial charge in [0.1, 0.15) is 11.9 Å². The summed E-state index contributed by atoms with van der Waals surface area (Å²) >= 11 is 0. The van der Waals surface area contributed by atoms with Crippen LogP contribution in [0.1, 0.15) is 18.1 Å². The van der Waals surface area contributed by atoms with Gasteiger partial charge in [-0.15, -0.1) is 0 Å². The van der Waals surface area contributed by atoms with Crippen LogP contribution in [0.2, 0.25) is 0 Å². The highest BCUT2D eigenvalue weighted by Crippen LogP contribution is 2.45. The minimum atomic E-state index is -0.00667. The molecule has 3 aromatic rings. The maximum absolute atomic E-state index is 6.20. The van der Waals surface area contributed by atoms with Crippen LogP contribution in [0.15, 0.2) is 54.7 Å². The molecule has 1 aliphatic heterocycles. The molecule has 3 heteroatoms. The van der Waals surface area contributed by atoms with Crippen LogP contribution in [-0.2, 0) is 0 Å². The van der Waals surface area contributed by atoms with E-state index in [0.717, 1.165) is 28.6 Å². The summed E-state index contributed by atoms with van der Waals surface area (Å²) in [6.45, 7) is 0.600. The highest BCUT2D eigenvalue weighted by molar-refractivity contribution is 5.92. The van der Waals surface area contributed by atoms with Crippen LogP contribution < -0.4 is 10.5 Å². The van der Waals surface area contributed by atoms with Crippen LogP contribution in [0.25, 0.3) is 22.0 Å². The topological polar surface area (TPSA) is 48.1 Å². The van der Waals surface area contributed by atoms with E-state index in [-0.39, 0.29) is 6.10 Å². The first kappa shape index (κ1) is 12.4. The molecule has 4 rings (SSSR count). The van der Waals surface area contributed by atoms with Gasteiger partial charge >= 0.3 is 0 Å². The molecule has 2 aromatic carbocycles. The van der Waals surface area contributed by atoms with E-state index in [1.807, 2.05) is 30.5 Å². The molecule has 3 nitrogen and oxygen atoms in total. The SMILES string of the molecule is NCCC1Oc2ccccc2-c2ccc3ncccc3c21. The number of nitrogens with zero attached hydrogens (tertiary/aromatic N) is 1. The van der Waals surface area contributed by atoms with Crippen molar-refractivity contribution in [1.82, 2.24) is 4.98 Å². The van der Waals surface area contributed by atoms with Crippen molar-refractivity contribution in [2.24, 2.45) is 5.73 Å². The van der Waals surface area contributed by atoms with Gasteiger partial charge in [0.25, 0.3) is 0 Å². The Balaban J connectivity index is 2.04. The molecule has 1 aromatic heterocycles. The molecule has 2 heterocycles. The monoisotopic (exact) mass is 276 g/mol. The molecule has 0 radical (unpaired) electrons. The molecule has 0 saturated heterocycles. The second-order valence-corrected chi connectivity index (χ2v) is 5.28. The second-order valence-electron chi connectivity index (χ2n) is 5.28. The fourth-order valence-corrected chi connectivity index (χ4v) is 3.12. The van der Waals surface area contributed by atoms with E-state index in [1.54, 1.807) is 0 Å². The van der Waals surface area contributed by atoms with Gasteiger partial charge in [-0.1, -0.05) is 30.3 Å². The van der Waals surface area contributed by atoms with E-state index in [2.05, 4.69) is 29.2 Å². The maximum Gasteiger partial charge on any atom is 0.128 e. The number of nitrogens with two attached hydrogens (primary N) is 1. The number of rotatable bonds is 2. The molecular weight excluding hydrogens is 260 g/mol. The zero-order chi connectivity index (χ0) is 14.2. The normalized spacial score (nSPS) is 16.1. The van der Waals surface area contributed by atoms with Gasteiger partial charge in [0.15, 0.2) is 0 Å². The van der Waals surface area contributed by atoms with Crippen molar-refractivity contribution in [3.05, 3.63) is 60.3 Å². The van der Waals surface area contributed by atoms with Crippen LogP contribution in [0, 0.1) is 0 Å². The van der Waals surface area contributed by atoms with Crippen molar-refractivity contribution in [3.63, 3.8) is 0 Å². The summed E-state index contributed by atoms with van der Waals surface area (Å²) in [5.41, 5.74) is 10.4. The Morgan fingerprint density at radius 3 is 2.81 bits per heavy atom. The van der Waals surface area contributed by atoms with Gasteiger partial charge in [-0.05, 0) is 30.3 Å². The quantitative estimate of drug-likeness (QED) is 0.776. The van der Waals surface area contributed by atoms with Crippen molar-refractivity contribution < 1.29 is 4.74 Å². The van der Waals surface area contributed by atoms with Gasteiger partial charge < -0.3 is 10.5 Å². The summed E-state index contributed by atoms with van der Waals surface area (Å²) in [5, 5.41) is 1.16. The fourth-order valence-electron chi connectivity index (χ4n) is 3.12. The Morgan fingerprint density at radius 2 is 1.90 bits per heavy atom. The summed E-state index contributed by atoms with van der Waals surface area (Å²) in [6.07, 6.45) is 2.62. The Kier molecular flexibility index (Phi) is 2.86. The van der Waals surface area contributed by atoms with E-state index < -0.39 is 0 Å². The van der Waals surface area contributed by atoms with Crippen molar-refractivity contribution in [3.8, 4) is 16.9 Å². The van der Waals surface area contributed by atoms with Crippen LogP contribution in [0.3, 0.4) is 0 Å². The first-order valence-corrected chi connectivity index (χ1v) is 7.22. The lowest BCUT2D eigenvalue weighted by molar-refractivity contribution is 0.196. The van der Waals surface area contributed by atoms with Crippen molar-refractivity contribution in [2.45, 2.75) is 12.5 Å². The Hall–Kier alpha value is -2.39. The molecule has 0 fully saturated rings. The number of ether oxygens (including phenoxy) is 1. The standard InChI is InChI=1S/C18H16N2O/c19-10-9-17-18-13(12-4-1-2-6-16(12)21-17)7-8-15-14(18)5-3-11-20-15/h1-8,11,17H,9-10,19H2. The number of hydrogen-bond acceptors (Lipinski definition) is 3. The summed E-state index contributed by atoms with van der Waals surface area (Å²) in [4.78, 5) is 4.45. The van der Waals surface area contributed by atoms with Crippen LogP contribution in [0.5, 0.6) is 5.75 Å². The van der Waals surface area contributed by atoms with E-state index in [9.17, 15) is 0 Å². The van der Waals surface area contributed by atoms with E-state index >= 15 is 0 Å². The van der Waals surface area contributed by atoms with E-state index in [0.29, 0.717) is 6.54 Å². The second kappa shape index (κ2) is 4.86. The minimum absolute atomic E-state index is 0.00667. The summed E-state index contributed by atoms with van der Waals surface area (Å²) in [7, 11) is 0. The minimum Gasteiger partial charge on any atom is -0.485 e. The van der Waals surface area contributed by atoms with Gasteiger partial charge in [0.05, 0.1) is 5.52 Å². The maximum atomic E-state index is 6.20. The smallest absolute Gasteiger partial charge is 0.128 e. The number of benzene rings is 2. The van der Waals surface area contributed by atoms with Crippen molar-refractivity contribution in [2.75, 3.05) is 6.54 Å². The molecule has 2 N–H and O–H groups in total. The van der Waals surface area contributed by atoms with Crippen LogP contribution >= 0.6 is 0 Å². The summed E-state index contributed by atoms with van der Waals surface area (Å²) in [5.74, 6) is 0.937. The predicted molar refractivity (Wildman–Crippen MR) is 84.2 cm³/mol. The zero-order valence-electron chi connectivity index (χ0n) is 11.6. The summed E-state index contributed by atoms with van der Waals surface area (Å²) < 4.78 is 6.20. The lowest BCUT2D eigenvalue weighted by Crippen LogP contribution is -2.18. The molecule has 1 atom stereocenters. The molecule has 0 aliphatic carbocycles. The fraction of sp³-hybridized carbons (Fsp3) is 0.167. The first-order chi connectivity index (χ1) is 10.4. The van der Waals surface area contributed by atoms with Crippen molar-refractivity contribution >= 4 is 10.9 Å². The molecule has 21 heavy (non-hydrogen) atoms. The average molecular weight is 276 g/mol. The number of fused-ring (bicyclic) bond motifs is 5. The predicted octanol–water partition coefficient (Wildman–Crippen LogP) is 3.68. The molecule has 1 unspecified atom stereocenters. The lowest BCUT2D eigenvalue weighted by Gasteiger charge is -2.29. The van der Waals surface area contributed by atoms with Gasteiger partial charge in [0, 0.05) is 29.1 Å². The number of aromatic nitrogens is 1. The van der Waals surface area contributed by atoms with Crippen LogP contribution in [0.4, 0.5) is 0 Å². The first-order valence-electron chi connectivity index (χ1n) is 7.22. The Bertz CT molecular complexity index is 813. The largest absolute Gasteiger partial charge is 0.485 e. The third-order valence-corrected chi connectivity index (χ3v) is 4.02.